The molecular formula is C24H16ClFN4. The van der Waals surface area contributed by atoms with E-state index < -0.39 is 0 Å². The van der Waals surface area contributed by atoms with Crippen LogP contribution in [0.1, 0.15) is 5.56 Å². The third kappa shape index (κ3) is 3.33. The van der Waals surface area contributed by atoms with Crippen LogP contribution in [-0.2, 0) is 5.88 Å². The van der Waals surface area contributed by atoms with Crippen LogP contribution in [0, 0.1) is 5.82 Å². The Bertz CT molecular complexity index is 1310. The smallest absolute Gasteiger partial charge is 0.165 e. The van der Waals surface area contributed by atoms with E-state index >= 15 is 0 Å². The molecule has 0 unspecified atom stereocenters. The van der Waals surface area contributed by atoms with Crippen molar-refractivity contribution in [2.45, 2.75) is 5.88 Å². The van der Waals surface area contributed by atoms with Crippen LogP contribution in [0.2, 0.25) is 0 Å². The van der Waals surface area contributed by atoms with Crippen LogP contribution < -0.4 is 0 Å². The third-order valence-electron chi connectivity index (χ3n) is 4.88. The molecule has 0 saturated heterocycles. The van der Waals surface area contributed by atoms with Gasteiger partial charge in [-0.05, 0) is 42.0 Å². The number of halogens is 2. The van der Waals surface area contributed by atoms with Gasteiger partial charge in [-0.25, -0.2) is 14.4 Å². The highest BCUT2D eigenvalue weighted by Gasteiger charge is 2.16. The Labute approximate surface area is 177 Å². The summed E-state index contributed by atoms with van der Waals surface area (Å²) in [5.74, 6) is 0.867. The molecule has 146 valence electrons. The molecule has 0 spiro atoms. The predicted octanol–water partition coefficient (Wildman–Crippen LogP) is 6.03. The largest absolute Gasteiger partial charge is 0.277 e. The van der Waals surface area contributed by atoms with E-state index in [-0.39, 0.29) is 5.82 Å². The lowest BCUT2D eigenvalue weighted by atomic mass is 10.2. The summed E-state index contributed by atoms with van der Waals surface area (Å²) in [5.41, 5.74) is 5.68. The van der Waals surface area contributed by atoms with Gasteiger partial charge in [-0.15, -0.1) is 11.6 Å². The maximum atomic E-state index is 13.3. The maximum absolute atomic E-state index is 13.3. The van der Waals surface area contributed by atoms with Crippen LogP contribution in [0.25, 0.3) is 39.6 Å². The van der Waals surface area contributed by atoms with Gasteiger partial charge >= 0.3 is 0 Å². The van der Waals surface area contributed by atoms with Crippen molar-refractivity contribution in [3.05, 3.63) is 96.4 Å². The zero-order valence-corrected chi connectivity index (χ0v) is 16.6. The van der Waals surface area contributed by atoms with E-state index in [1.165, 1.54) is 12.3 Å². The molecule has 0 aliphatic rings. The van der Waals surface area contributed by atoms with E-state index in [2.05, 4.69) is 4.98 Å². The van der Waals surface area contributed by atoms with E-state index in [4.69, 9.17) is 21.6 Å². The first kappa shape index (κ1) is 18.5. The summed E-state index contributed by atoms with van der Waals surface area (Å²) in [6, 6.07) is 24.8. The summed E-state index contributed by atoms with van der Waals surface area (Å²) in [7, 11) is 0. The normalized spacial score (nSPS) is 11.1. The zero-order chi connectivity index (χ0) is 20.5. The lowest BCUT2D eigenvalue weighted by Gasteiger charge is -2.10. The number of pyridine rings is 2. The Hall–Kier alpha value is -3.57. The summed E-state index contributed by atoms with van der Waals surface area (Å²) in [6.45, 7) is 0. The van der Waals surface area contributed by atoms with Crippen molar-refractivity contribution in [1.29, 1.82) is 0 Å². The highest BCUT2D eigenvalue weighted by molar-refractivity contribution is 6.17. The van der Waals surface area contributed by atoms with E-state index in [1.54, 1.807) is 6.07 Å². The summed E-state index contributed by atoms with van der Waals surface area (Å²) < 4.78 is 15.3. The zero-order valence-electron chi connectivity index (χ0n) is 15.8. The van der Waals surface area contributed by atoms with Gasteiger partial charge in [-0.3, -0.25) is 9.55 Å². The third-order valence-corrected chi connectivity index (χ3v) is 5.18. The highest BCUT2D eigenvalue weighted by Crippen LogP contribution is 2.29. The molecular weight excluding hydrogens is 399 g/mol. The van der Waals surface area contributed by atoms with Crippen molar-refractivity contribution in [2.75, 3.05) is 0 Å². The van der Waals surface area contributed by atoms with Gasteiger partial charge in [0.05, 0.1) is 17.6 Å². The number of rotatable bonds is 4. The molecule has 0 radical (unpaired) electrons. The Balaban J connectivity index is 1.75. The second-order valence-electron chi connectivity index (χ2n) is 6.84. The van der Waals surface area contributed by atoms with Crippen LogP contribution in [0.15, 0.2) is 85.1 Å². The topological polar surface area (TPSA) is 43.6 Å². The van der Waals surface area contributed by atoms with Crippen LogP contribution in [-0.4, -0.2) is 19.5 Å². The molecule has 3 heterocycles. The maximum Gasteiger partial charge on any atom is 0.165 e. The SMILES string of the molecule is Fc1ccc(-c2ccc3nc(-c4ccccc4)n(-c4ccc(CCl)cc4)c3n2)nc1. The Morgan fingerprint density at radius 1 is 0.800 bits per heavy atom. The first-order valence-corrected chi connectivity index (χ1v) is 9.98. The molecule has 30 heavy (non-hydrogen) atoms. The molecule has 0 bridgehead atoms. The number of alkyl halides is 1. The molecule has 0 atom stereocenters. The van der Waals surface area contributed by atoms with Crippen molar-refractivity contribution >= 4 is 22.8 Å². The predicted molar refractivity (Wildman–Crippen MR) is 117 cm³/mol. The van der Waals surface area contributed by atoms with Gasteiger partial charge in [0.1, 0.15) is 17.2 Å². The average Bonchev–Trinajstić information content (AvgIpc) is 3.19. The standard InChI is InChI=1S/C24H16ClFN4/c25-14-16-6-9-19(10-7-16)30-23(17-4-2-1-3-5-17)29-22-13-12-21(28-24(22)30)20-11-8-18(26)15-27-20/h1-13,15H,14H2. The van der Waals surface area contributed by atoms with Gasteiger partial charge in [0, 0.05) is 17.1 Å². The number of imidazole rings is 1. The fourth-order valence-corrected chi connectivity index (χ4v) is 3.56. The fraction of sp³-hybridized carbons (Fsp3) is 0.0417. The molecule has 6 heteroatoms. The minimum Gasteiger partial charge on any atom is -0.277 e. The second-order valence-corrected chi connectivity index (χ2v) is 7.11. The number of hydrogen-bond acceptors (Lipinski definition) is 3. The van der Waals surface area contributed by atoms with Gasteiger partial charge in [-0.2, -0.15) is 0 Å². The number of hydrogen-bond donors (Lipinski definition) is 0. The molecule has 0 aliphatic carbocycles. The van der Waals surface area contributed by atoms with E-state index in [1.807, 2.05) is 71.3 Å². The van der Waals surface area contributed by atoms with Crippen molar-refractivity contribution in [3.8, 4) is 28.5 Å². The minimum atomic E-state index is -0.379. The van der Waals surface area contributed by atoms with Crippen molar-refractivity contribution in [1.82, 2.24) is 19.5 Å². The molecule has 0 aliphatic heterocycles. The van der Waals surface area contributed by atoms with E-state index in [9.17, 15) is 4.39 Å². The Kier molecular flexibility index (Phi) is 4.73. The van der Waals surface area contributed by atoms with Crippen molar-refractivity contribution in [3.63, 3.8) is 0 Å². The summed E-state index contributed by atoms with van der Waals surface area (Å²) in [5, 5.41) is 0. The van der Waals surface area contributed by atoms with Gasteiger partial charge in [0.2, 0.25) is 0 Å². The monoisotopic (exact) mass is 414 g/mol. The number of aromatic nitrogens is 4. The fourth-order valence-electron chi connectivity index (χ4n) is 3.39. The summed E-state index contributed by atoms with van der Waals surface area (Å²) in [6.07, 6.45) is 1.19. The quantitative estimate of drug-likeness (QED) is 0.337. The van der Waals surface area contributed by atoms with Gasteiger partial charge in [-0.1, -0.05) is 42.5 Å². The average molecular weight is 415 g/mol. The molecule has 0 amide bonds. The molecule has 5 aromatic rings. The summed E-state index contributed by atoms with van der Waals surface area (Å²) >= 11 is 5.96. The number of benzene rings is 2. The molecule has 0 N–H and O–H groups in total. The first-order valence-electron chi connectivity index (χ1n) is 9.45. The van der Waals surface area contributed by atoms with Gasteiger partial charge in [0.15, 0.2) is 5.65 Å². The Morgan fingerprint density at radius 3 is 2.27 bits per heavy atom. The molecule has 4 nitrogen and oxygen atoms in total. The highest BCUT2D eigenvalue weighted by atomic mass is 35.5. The van der Waals surface area contributed by atoms with Crippen LogP contribution in [0.4, 0.5) is 4.39 Å². The number of nitrogens with zero attached hydrogens (tertiary/aromatic N) is 4. The van der Waals surface area contributed by atoms with Gasteiger partial charge in [0.25, 0.3) is 0 Å². The van der Waals surface area contributed by atoms with Crippen LogP contribution in [0.5, 0.6) is 0 Å². The van der Waals surface area contributed by atoms with Crippen molar-refractivity contribution < 1.29 is 4.39 Å². The lowest BCUT2D eigenvalue weighted by Crippen LogP contribution is -2.00. The van der Waals surface area contributed by atoms with Crippen LogP contribution >= 0.6 is 11.6 Å². The molecule has 5 rings (SSSR count). The molecule has 2 aromatic carbocycles. The molecule has 3 aromatic heterocycles. The van der Waals surface area contributed by atoms with Gasteiger partial charge < -0.3 is 0 Å². The van der Waals surface area contributed by atoms with E-state index in [0.717, 1.165) is 28.2 Å². The molecule has 0 saturated carbocycles. The summed E-state index contributed by atoms with van der Waals surface area (Å²) in [4.78, 5) is 13.8. The van der Waals surface area contributed by atoms with Crippen LogP contribution in [0.3, 0.4) is 0 Å². The second kappa shape index (κ2) is 7.69. The lowest BCUT2D eigenvalue weighted by molar-refractivity contribution is 0.622. The number of fused-ring (bicyclic) bond motifs is 1. The van der Waals surface area contributed by atoms with E-state index in [0.29, 0.717) is 22.9 Å². The Morgan fingerprint density at radius 2 is 1.57 bits per heavy atom. The minimum absolute atomic E-state index is 0.379. The first-order chi connectivity index (χ1) is 14.7. The molecule has 0 fully saturated rings. The van der Waals surface area contributed by atoms with Crippen molar-refractivity contribution in [2.24, 2.45) is 0 Å².